The fraction of sp³-hybridized carbons (Fsp3) is 0.471. The van der Waals surface area contributed by atoms with Crippen molar-refractivity contribution >= 4 is 0 Å². The fourth-order valence-corrected chi connectivity index (χ4v) is 2.51. The van der Waals surface area contributed by atoms with E-state index in [2.05, 4.69) is 62.2 Å². The highest BCUT2D eigenvalue weighted by atomic mass is 15.1. The van der Waals surface area contributed by atoms with Gasteiger partial charge in [0.1, 0.15) is 0 Å². The molecule has 3 N–H and O–H groups in total. The number of rotatable bonds is 3. The summed E-state index contributed by atoms with van der Waals surface area (Å²) in [6.07, 6.45) is 0. The first-order chi connectivity index (χ1) is 9.32. The van der Waals surface area contributed by atoms with E-state index in [-0.39, 0.29) is 11.3 Å². The summed E-state index contributed by atoms with van der Waals surface area (Å²) in [6.45, 7) is 11.4. The van der Waals surface area contributed by atoms with Gasteiger partial charge in [0.25, 0.3) is 0 Å². The standard InChI is InChI=1S/C17H25N3/c1-11-6-7-13(17(3,4)5)9-14(11)15(10-18)16-8-12(2)19-20-16/h6-9,15H,10,18H2,1-5H3,(H,19,20). The van der Waals surface area contributed by atoms with E-state index in [1.165, 1.54) is 16.7 Å². The lowest BCUT2D eigenvalue weighted by molar-refractivity contribution is 0.588. The van der Waals surface area contributed by atoms with Crippen molar-refractivity contribution in [3.05, 3.63) is 52.3 Å². The van der Waals surface area contributed by atoms with Gasteiger partial charge in [-0.05, 0) is 42.0 Å². The Morgan fingerprint density at radius 1 is 1.20 bits per heavy atom. The van der Waals surface area contributed by atoms with Crippen LogP contribution in [0.5, 0.6) is 0 Å². The minimum Gasteiger partial charge on any atom is -0.329 e. The van der Waals surface area contributed by atoms with Crippen molar-refractivity contribution in [2.75, 3.05) is 6.54 Å². The van der Waals surface area contributed by atoms with E-state index in [1.807, 2.05) is 6.92 Å². The Morgan fingerprint density at radius 2 is 1.90 bits per heavy atom. The molecule has 0 saturated carbocycles. The number of nitrogens with zero attached hydrogens (tertiary/aromatic N) is 1. The van der Waals surface area contributed by atoms with Crippen LogP contribution in [0.3, 0.4) is 0 Å². The number of aromatic amines is 1. The molecule has 108 valence electrons. The number of hydrogen-bond acceptors (Lipinski definition) is 2. The number of aromatic nitrogens is 2. The number of aryl methyl sites for hydroxylation is 2. The van der Waals surface area contributed by atoms with Gasteiger partial charge in [-0.1, -0.05) is 39.0 Å². The van der Waals surface area contributed by atoms with Crippen LogP contribution in [-0.2, 0) is 5.41 Å². The third-order valence-corrected chi connectivity index (χ3v) is 3.84. The molecule has 20 heavy (non-hydrogen) atoms. The average molecular weight is 271 g/mol. The van der Waals surface area contributed by atoms with Crippen LogP contribution in [0.1, 0.15) is 54.8 Å². The maximum atomic E-state index is 6.02. The fourth-order valence-electron chi connectivity index (χ4n) is 2.51. The second-order valence-corrected chi connectivity index (χ2v) is 6.59. The number of nitrogens with one attached hydrogen (secondary N) is 1. The predicted octanol–water partition coefficient (Wildman–Crippen LogP) is 3.41. The molecule has 0 fully saturated rings. The Morgan fingerprint density at radius 3 is 2.40 bits per heavy atom. The summed E-state index contributed by atoms with van der Waals surface area (Å²) in [6, 6.07) is 8.78. The van der Waals surface area contributed by atoms with Crippen LogP contribution >= 0.6 is 0 Å². The minimum atomic E-state index is 0.142. The molecule has 1 heterocycles. The number of H-pyrrole nitrogens is 1. The van der Waals surface area contributed by atoms with Crippen LogP contribution in [0.15, 0.2) is 24.3 Å². The molecule has 2 rings (SSSR count). The van der Waals surface area contributed by atoms with Crippen molar-refractivity contribution in [3.8, 4) is 0 Å². The van der Waals surface area contributed by atoms with Crippen LogP contribution in [0.25, 0.3) is 0 Å². The zero-order chi connectivity index (χ0) is 14.9. The predicted molar refractivity (Wildman–Crippen MR) is 84.1 cm³/mol. The molecule has 0 spiro atoms. The van der Waals surface area contributed by atoms with Gasteiger partial charge in [0.05, 0.1) is 5.69 Å². The van der Waals surface area contributed by atoms with E-state index in [1.54, 1.807) is 0 Å². The zero-order valence-corrected chi connectivity index (χ0v) is 13.1. The Hall–Kier alpha value is -1.61. The number of nitrogens with two attached hydrogens (primary N) is 1. The molecule has 0 amide bonds. The molecular formula is C17H25N3. The molecule has 0 radical (unpaired) electrons. The van der Waals surface area contributed by atoms with Crippen molar-refractivity contribution < 1.29 is 0 Å². The Balaban J connectivity index is 2.49. The van der Waals surface area contributed by atoms with Gasteiger partial charge in [0.2, 0.25) is 0 Å². The van der Waals surface area contributed by atoms with Crippen LogP contribution in [0.4, 0.5) is 0 Å². The molecule has 1 atom stereocenters. The summed E-state index contributed by atoms with van der Waals surface area (Å²) in [5.74, 6) is 0.155. The minimum absolute atomic E-state index is 0.142. The van der Waals surface area contributed by atoms with Crippen molar-refractivity contribution in [1.82, 2.24) is 10.2 Å². The molecule has 0 saturated heterocycles. The van der Waals surface area contributed by atoms with Gasteiger partial charge < -0.3 is 5.73 Å². The van der Waals surface area contributed by atoms with Gasteiger partial charge in [-0.3, -0.25) is 5.10 Å². The van der Waals surface area contributed by atoms with Crippen molar-refractivity contribution in [2.45, 2.75) is 46.0 Å². The molecule has 0 aliphatic heterocycles. The Bertz CT molecular complexity index is 591. The molecule has 1 aromatic heterocycles. The highest BCUT2D eigenvalue weighted by molar-refractivity contribution is 5.40. The largest absolute Gasteiger partial charge is 0.329 e. The number of benzene rings is 1. The summed E-state index contributed by atoms with van der Waals surface area (Å²) in [4.78, 5) is 0. The Kier molecular flexibility index (Phi) is 4.00. The van der Waals surface area contributed by atoms with Gasteiger partial charge in [-0.25, -0.2) is 0 Å². The zero-order valence-electron chi connectivity index (χ0n) is 13.1. The second kappa shape index (κ2) is 5.41. The molecule has 0 aliphatic rings. The molecular weight excluding hydrogens is 246 g/mol. The van der Waals surface area contributed by atoms with E-state index in [4.69, 9.17) is 5.73 Å². The maximum absolute atomic E-state index is 6.02. The maximum Gasteiger partial charge on any atom is 0.0712 e. The monoisotopic (exact) mass is 271 g/mol. The van der Waals surface area contributed by atoms with Crippen LogP contribution in [0, 0.1) is 13.8 Å². The van der Waals surface area contributed by atoms with Crippen LogP contribution in [-0.4, -0.2) is 16.7 Å². The smallest absolute Gasteiger partial charge is 0.0712 e. The molecule has 0 bridgehead atoms. The van der Waals surface area contributed by atoms with Crippen LogP contribution < -0.4 is 5.73 Å². The lowest BCUT2D eigenvalue weighted by Gasteiger charge is -2.23. The summed E-state index contributed by atoms with van der Waals surface area (Å²) >= 11 is 0. The van der Waals surface area contributed by atoms with Crippen molar-refractivity contribution in [2.24, 2.45) is 5.73 Å². The first-order valence-corrected chi connectivity index (χ1v) is 7.16. The Labute approximate surface area is 121 Å². The lowest BCUT2D eigenvalue weighted by atomic mass is 9.82. The highest BCUT2D eigenvalue weighted by Crippen LogP contribution is 2.30. The quantitative estimate of drug-likeness (QED) is 0.898. The molecule has 0 aliphatic carbocycles. The van der Waals surface area contributed by atoms with E-state index in [9.17, 15) is 0 Å². The van der Waals surface area contributed by atoms with Gasteiger partial charge in [0, 0.05) is 18.2 Å². The molecule has 1 aromatic carbocycles. The van der Waals surface area contributed by atoms with E-state index in [0.717, 1.165) is 11.4 Å². The van der Waals surface area contributed by atoms with E-state index in [0.29, 0.717) is 6.54 Å². The topological polar surface area (TPSA) is 54.7 Å². The summed E-state index contributed by atoms with van der Waals surface area (Å²) in [5.41, 5.74) is 12.2. The van der Waals surface area contributed by atoms with E-state index < -0.39 is 0 Å². The molecule has 3 nitrogen and oxygen atoms in total. The normalized spacial score (nSPS) is 13.5. The first kappa shape index (κ1) is 14.8. The summed E-state index contributed by atoms with van der Waals surface area (Å²) < 4.78 is 0. The number of hydrogen-bond donors (Lipinski definition) is 2. The van der Waals surface area contributed by atoms with Crippen molar-refractivity contribution in [3.63, 3.8) is 0 Å². The van der Waals surface area contributed by atoms with Gasteiger partial charge in [-0.2, -0.15) is 5.10 Å². The van der Waals surface area contributed by atoms with Crippen LogP contribution in [0.2, 0.25) is 0 Å². The average Bonchev–Trinajstić information content (AvgIpc) is 2.77. The molecule has 1 unspecified atom stereocenters. The van der Waals surface area contributed by atoms with Crippen molar-refractivity contribution in [1.29, 1.82) is 0 Å². The molecule has 3 heteroatoms. The summed E-state index contributed by atoms with van der Waals surface area (Å²) in [5, 5.41) is 7.40. The highest BCUT2D eigenvalue weighted by Gasteiger charge is 2.21. The lowest BCUT2D eigenvalue weighted by Crippen LogP contribution is -2.18. The molecule has 2 aromatic rings. The third kappa shape index (κ3) is 2.93. The first-order valence-electron chi connectivity index (χ1n) is 7.16. The van der Waals surface area contributed by atoms with E-state index >= 15 is 0 Å². The van der Waals surface area contributed by atoms with Gasteiger partial charge >= 0.3 is 0 Å². The third-order valence-electron chi connectivity index (χ3n) is 3.84. The summed E-state index contributed by atoms with van der Waals surface area (Å²) in [7, 11) is 0. The second-order valence-electron chi connectivity index (χ2n) is 6.59. The van der Waals surface area contributed by atoms with Gasteiger partial charge in [-0.15, -0.1) is 0 Å². The van der Waals surface area contributed by atoms with Gasteiger partial charge in [0.15, 0.2) is 0 Å². The SMILES string of the molecule is Cc1cc(C(CN)c2cc(C(C)(C)C)ccc2C)n[nH]1.